The van der Waals surface area contributed by atoms with Crippen LogP contribution < -0.4 is 0 Å². The zero-order chi connectivity index (χ0) is 14.9. The number of phenols is 1. The van der Waals surface area contributed by atoms with Gasteiger partial charge in [-0.15, -0.1) is 0 Å². The van der Waals surface area contributed by atoms with Gasteiger partial charge in [-0.1, -0.05) is 0 Å². The van der Waals surface area contributed by atoms with Crippen LogP contribution in [-0.2, 0) is 6.18 Å². The molecule has 20 heavy (non-hydrogen) atoms. The van der Waals surface area contributed by atoms with Gasteiger partial charge in [0.25, 0.3) is 0 Å². The van der Waals surface area contributed by atoms with Gasteiger partial charge in [0.1, 0.15) is 18.2 Å². The maximum atomic E-state index is 12.8. The summed E-state index contributed by atoms with van der Waals surface area (Å²) in [5.41, 5.74) is -0.695. The first-order chi connectivity index (χ1) is 9.32. The normalized spacial score (nSPS) is 13.4. The molecule has 1 unspecified atom stereocenters. The predicted molar refractivity (Wildman–Crippen MR) is 65.0 cm³/mol. The molecule has 0 saturated carbocycles. The van der Waals surface area contributed by atoms with Crippen LogP contribution in [0.1, 0.15) is 18.7 Å². The summed E-state index contributed by atoms with van der Waals surface area (Å²) in [6.07, 6.45) is -3.79. The maximum Gasteiger partial charge on any atom is 0.434 e. The number of rotatable bonds is 3. The quantitative estimate of drug-likeness (QED) is 0.872. The summed E-state index contributed by atoms with van der Waals surface area (Å²) in [5.74, 6) is 0.00363. The summed E-state index contributed by atoms with van der Waals surface area (Å²) < 4.78 is 52.1. The molecule has 1 N–H and O–H groups in total. The van der Waals surface area contributed by atoms with Gasteiger partial charge in [0.2, 0.25) is 0 Å². The molecular weight excluding hydrogens is 276 g/mol. The third-order valence-corrected chi connectivity index (χ3v) is 2.85. The molecule has 7 heteroatoms. The van der Waals surface area contributed by atoms with Crippen molar-refractivity contribution in [3.05, 3.63) is 36.2 Å². The van der Waals surface area contributed by atoms with E-state index in [1.807, 2.05) is 0 Å². The minimum atomic E-state index is -4.59. The third kappa shape index (κ3) is 2.76. The Balaban J connectivity index is 2.55. The van der Waals surface area contributed by atoms with Crippen molar-refractivity contribution in [2.75, 3.05) is 6.67 Å². The molecule has 1 atom stereocenters. The zero-order valence-corrected chi connectivity index (χ0v) is 10.5. The summed E-state index contributed by atoms with van der Waals surface area (Å²) in [5, 5.41) is 9.20. The maximum absolute atomic E-state index is 12.8. The fourth-order valence-corrected chi connectivity index (χ4v) is 1.76. The molecule has 3 nitrogen and oxygen atoms in total. The molecule has 1 heterocycles. The molecule has 0 aliphatic heterocycles. The topological polar surface area (TPSA) is 38.0 Å². The molecule has 2 aromatic rings. The van der Waals surface area contributed by atoms with E-state index in [0.29, 0.717) is 5.56 Å². The third-order valence-electron chi connectivity index (χ3n) is 2.85. The van der Waals surface area contributed by atoms with Gasteiger partial charge in [-0.05, 0) is 31.2 Å². The Labute approximate surface area is 112 Å². The van der Waals surface area contributed by atoms with Crippen LogP contribution in [0.25, 0.3) is 11.4 Å². The van der Waals surface area contributed by atoms with E-state index in [0.717, 1.165) is 10.8 Å². The van der Waals surface area contributed by atoms with Crippen LogP contribution in [0.15, 0.2) is 30.5 Å². The van der Waals surface area contributed by atoms with E-state index in [9.17, 15) is 22.7 Å². The predicted octanol–water partition coefficient (Wildman–Crippen LogP) is 3.81. The number of imidazole rings is 1. The molecule has 0 amide bonds. The van der Waals surface area contributed by atoms with Gasteiger partial charge in [-0.25, -0.2) is 9.37 Å². The van der Waals surface area contributed by atoms with Gasteiger partial charge in [-0.3, -0.25) is 0 Å². The fourth-order valence-electron chi connectivity index (χ4n) is 1.76. The van der Waals surface area contributed by atoms with Gasteiger partial charge in [0.15, 0.2) is 5.69 Å². The number of aromatic hydroxyl groups is 1. The lowest BCUT2D eigenvalue weighted by Crippen LogP contribution is -2.08. The van der Waals surface area contributed by atoms with Crippen LogP contribution in [0, 0.1) is 0 Å². The van der Waals surface area contributed by atoms with Crippen LogP contribution >= 0.6 is 0 Å². The Morgan fingerprint density at radius 1 is 1.25 bits per heavy atom. The average molecular weight is 288 g/mol. The van der Waals surface area contributed by atoms with E-state index < -0.39 is 24.6 Å². The minimum absolute atomic E-state index is 0.0126. The molecule has 0 aliphatic carbocycles. The average Bonchev–Trinajstić information content (AvgIpc) is 2.83. The number of aromatic nitrogens is 2. The largest absolute Gasteiger partial charge is 0.508 e. The van der Waals surface area contributed by atoms with Crippen molar-refractivity contribution in [3.63, 3.8) is 0 Å². The second-order valence-electron chi connectivity index (χ2n) is 4.40. The Bertz CT molecular complexity index is 589. The van der Waals surface area contributed by atoms with Crippen LogP contribution in [0.3, 0.4) is 0 Å². The van der Waals surface area contributed by atoms with E-state index >= 15 is 0 Å². The lowest BCUT2D eigenvalue weighted by Gasteiger charge is -2.12. The van der Waals surface area contributed by atoms with Crippen molar-refractivity contribution >= 4 is 0 Å². The summed E-state index contributed by atoms with van der Waals surface area (Å²) in [4.78, 5) is 3.54. The Morgan fingerprint density at radius 2 is 1.85 bits per heavy atom. The molecule has 108 valence electrons. The number of phenolic OH excluding ortho intramolecular Hbond substituents is 1. The molecule has 2 rings (SSSR count). The second kappa shape index (κ2) is 5.15. The number of alkyl halides is 4. The van der Waals surface area contributed by atoms with Crippen molar-refractivity contribution in [2.45, 2.75) is 19.1 Å². The number of nitrogens with zero attached hydrogens (tertiary/aromatic N) is 2. The number of hydrogen-bond donors (Lipinski definition) is 1. The first kappa shape index (κ1) is 14.4. The monoisotopic (exact) mass is 288 g/mol. The lowest BCUT2D eigenvalue weighted by atomic mass is 10.2. The van der Waals surface area contributed by atoms with Crippen LogP contribution in [0.5, 0.6) is 5.75 Å². The SMILES string of the molecule is CC(CF)n1cc(C(F)(F)F)nc1-c1ccc(O)cc1. The van der Waals surface area contributed by atoms with Gasteiger partial charge >= 0.3 is 6.18 Å². The van der Waals surface area contributed by atoms with Gasteiger partial charge < -0.3 is 9.67 Å². The number of halogens is 4. The summed E-state index contributed by atoms with van der Waals surface area (Å²) in [7, 11) is 0. The van der Waals surface area contributed by atoms with Crippen LogP contribution in [-0.4, -0.2) is 21.3 Å². The zero-order valence-electron chi connectivity index (χ0n) is 10.5. The van der Waals surface area contributed by atoms with E-state index in [4.69, 9.17) is 0 Å². The molecule has 0 saturated heterocycles. The molecule has 1 aromatic carbocycles. The summed E-state index contributed by atoms with van der Waals surface area (Å²) in [6, 6.07) is 4.77. The molecule has 0 aliphatic rings. The summed E-state index contributed by atoms with van der Waals surface area (Å²) >= 11 is 0. The first-order valence-electron chi connectivity index (χ1n) is 5.84. The standard InChI is InChI=1S/C13H12F4N2O/c1-8(6-14)19-7-11(13(15,16)17)18-12(19)9-2-4-10(20)5-3-9/h2-5,7-8,20H,6H2,1H3. The van der Waals surface area contributed by atoms with Crippen molar-refractivity contribution in [1.29, 1.82) is 0 Å². The summed E-state index contributed by atoms with van der Waals surface area (Å²) in [6.45, 7) is 0.657. The molecule has 1 aromatic heterocycles. The van der Waals surface area contributed by atoms with Crippen molar-refractivity contribution in [3.8, 4) is 17.1 Å². The highest BCUT2D eigenvalue weighted by Crippen LogP contribution is 2.32. The molecule has 0 bridgehead atoms. The van der Waals surface area contributed by atoms with Crippen LogP contribution in [0.2, 0.25) is 0 Å². The Kier molecular flexibility index (Phi) is 3.69. The smallest absolute Gasteiger partial charge is 0.434 e. The van der Waals surface area contributed by atoms with E-state index in [-0.39, 0.29) is 11.6 Å². The molecule has 0 radical (unpaired) electrons. The van der Waals surface area contributed by atoms with Gasteiger partial charge in [0, 0.05) is 11.8 Å². The van der Waals surface area contributed by atoms with Crippen molar-refractivity contribution in [2.24, 2.45) is 0 Å². The first-order valence-corrected chi connectivity index (χ1v) is 5.84. The van der Waals surface area contributed by atoms with Gasteiger partial charge in [0.05, 0.1) is 6.04 Å². The number of hydrogen-bond acceptors (Lipinski definition) is 2. The van der Waals surface area contributed by atoms with E-state index in [1.54, 1.807) is 0 Å². The highest BCUT2D eigenvalue weighted by molar-refractivity contribution is 5.57. The van der Waals surface area contributed by atoms with Gasteiger partial charge in [-0.2, -0.15) is 13.2 Å². The molecular formula is C13H12F4N2O. The highest BCUT2D eigenvalue weighted by Gasteiger charge is 2.35. The number of benzene rings is 1. The molecule has 0 spiro atoms. The molecule has 0 fully saturated rings. The van der Waals surface area contributed by atoms with Crippen LogP contribution in [0.4, 0.5) is 17.6 Å². The Morgan fingerprint density at radius 3 is 2.35 bits per heavy atom. The highest BCUT2D eigenvalue weighted by atomic mass is 19.4. The Hall–Kier alpha value is -2.05. The second-order valence-corrected chi connectivity index (χ2v) is 4.40. The van der Waals surface area contributed by atoms with E-state index in [2.05, 4.69) is 4.98 Å². The lowest BCUT2D eigenvalue weighted by molar-refractivity contribution is -0.140. The van der Waals surface area contributed by atoms with Crippen molar-refractivity contribution in [1.82, 2.24) is 9.55 Å². The van der Waals surface area contributed by atoms with E-state index in [1.165, 1.54) is 31.2 Å². The minimum Gasteiger partial charge on any atom is -0.508 e. The van der Waals surface area contributed by atoms with Crippen molar-refractivity contribution < 1.29 is 22.7 Å². The fraction of sp³-hybridized carbons (Fsp3) is 0.308.